The molecule has 0 fully saturated rings. The highest BCUT2D eigenvalue weighted by molar-refractivity contribution is 5.42. The molecule has 0 bridgehead atoms. The molecule has 1 rings (SSSR count). The molecule has 0 aromatic heterocycles. The third-order valence-corrected chi connectivity index (χ3v) is 2.28. The lowest BCUT2D eigenvalue weighted by atomic mass is 10.2. The normalized spacial score (nSPS) is 10.1. The van der Waals surface area contributed by atoms with E-state index >= 15 is 0 Å². The van der Waals surface area contributed by atoms with Crippen LogP contribution in [0.2, 0.25) is 0 Å². The summed E-state index contributed by atoms with van der Waals surface area (Å²) in [4.78, 5) is 0. The zero-order valence-corrected chi connectivity index (χ0v) is 10.9. The maximum absolute atomic E-state index is 5.47. The van der Waals surface area contributed by atoms with E-state index in [2.05, 4.69) is 11.9 Å². The molecule has 0 atom stereocenters. The first kappa shape index (κ1) is 13.6. The van der Waals surface area contributed by atoms with Crippen molar-refractivity contribution in [3.8, 4) is 11.5 Å². The van der Waals surface area contributed by atoms with Crippen molar-refractivity contribution in [2.24, 2.45) is 0 Å². The molecule has 94 valence electrons. The van der Waals surface area contributed by atoms with Crippen molar-refractivity contribution in [2.45, 2.75) is 20.4 Å². The number of rotatable bonds is 7. The number of ether oxygens (including phenoxy) is 2. The topological polar surface area (TPSA) is 30.5 Å². The van der Waals surface area contributed by atoms with Gasteiger partial charge in [0, 0.05) is 13.1 Å². The SMILES string of the molecule is C=C(C)CNCc1ccc(OCC)c(OC)c1. The Bertz CT molecular complexity index is 374. The molecule has 1 aromatic rings. The molecule has 0 amide bonds. The predicted octanol–water partition coefficient (Wildman–Crippen LogP) is 2.76. The van der Waals surface area contributed by atoms with Gasteiger partial charge >= 0.3 is 0 Å². The van der Waals surface area contributed by atoms with Gasteiger partial charge < -0.3 is 14.8 Å². The van der Waals surface area contributed by atoms with Gasteiger partial charge in [-0.25, -0.2) is 0 Å². The quantitative estimate of drug-likeness (QED) is 0.737. The lowest BCUT2D eigenvalue weighted by Gasteiger charge is -2.11. The van der Waals surface area contributed by atoms with E-state index < -0.39 is 0 Å². The molecular formula is C14H21NO2. The van der Waals surface area contributed by atoms with Crippen molar-refractivity contribution in [1.82, 2.24) is 5.32 Å². The largest absolute Gasteiger partial charge is 0.493 e. The predicted molar refractivity (Wildman–Crippen MR) is 70.7 cm³/mol. The molecule has 0 spiro atoms. The van der Waals surface area contributed by atoms with Crippen LogP contribution in [-0.2, 0) is 6.54 Å². The highest BCUT2D eigenvalue weighted by Crippen LogP contribution is 2.27. The molecule has 0 heterocycles. The van der Waals surface area contributed by atoms with Crippen LogP contribution in [0.15, 0.2) is 30.4 Å². The minimum atomic E-state index is 0.642. The smallest absolute Gasteiger partial charge is 0.161 e. The van der Waals surface area contributed by atoms with Gasteiger partial charge in [0.15, 0.2) is 11.5 Å². The van der Waals surface area contributed by atoms with E-state index in [0.717, 1.165) is 30.2 Å². The number of benzene rings is 1. The molecule has 0 radical (unpaired) electrons. The van der Waals surface area contributed by atoms with Crippen LogP contribution < -0.4 is 14.8 Å². The Morgan fingerprint density at radius 2 is 2.12 bits per heavy atom. The molecular weight excluding hydrogens is 214 g/mol. The fourth-order valence-corrected chi connectivity index (χ4v) is 1.52. The average molecular weight is 235 g/mol. The number of nitrogens with one attached hydrogen (secondary N) is 1. The summed E-state index contributed by atoms with van der Waals surface area (Å²) in [6.07, 6.45) is 0. The Morgan fingerprint density at radius 3 is 2.71 bits per heavy atom. The van der Waals surface area contributed by atoms with E-state index in [1.54, 1.807) is 7.11 Å². The van der Waals surface area contributed by atoms with Gasteiger partial charge in [0.25, 0.3) is 0 Å². The van der Waals surface area contributed by atoms with Crippen LogP contribution in [0.5, 0.6) is 11.5 Å². The van der Waals surface area contributed by atoms with E-state index in [9.17, 15) is 0 Å². The lowest BCUT2D eigenvalue weighted by Crippen LogP contribution is -2.15. The summed E-state index contributed by atoms with van der Waals surface area (Å²) < 4.78 is 10.8. The van der Waals surface area contributed by atoms with Gasteiger partial charge in [-0.05, 0) is 31.5 Å². The first-order valence-electron chi connectivity index (χ1n) is 5.82. The van der Waals surface area contributed by atoms with Crippen LogP contribution in [0.1, 0.15) is 19.4 Å². The van der Waals surface area contributed by atoms with Crippen LogP contribution in [0.4, 0.5) is 0 Å². The molecule has 0 unspecified atom stereocenters. The Morgan fingerprint density at radius 1 is 1.35 bits per heavy atom. The summed E-state index contributed by atoms with van der Waals surface area (Å²) in [7, 11) is 1.66. The summed E-state index contributed by atoms with van der Waals surface area (Å²) in [5, 5.41) is 3.31. The van der Waals surface area contributed by atoms with Gasteiger partial charge in [0.1, 0.15) is 0 Å². The van der Waals surface area contributed by atoms with Gasteiger partial charge in [0.2, 0.25) is 0 Å². The Kier molecular flexibility index (Phi) is 5.57. The molecule has 3 nitrogen and oxygen atoms in total. The second-order valence-electron chi connectivity index (χ2n) is 3.98. The van der Waals surface area contributed by atoms with Crippen molar-refractivity contribution in [2.75, 3.05) is 20.3 Å². The molecule has 0 aliphatic rings. The zero-order valence-electron chi connectivity index (χ0n) is 10.9. The van der Waals surface area contributed by atoms with E-state index in [1.807, 2.05) is 32.0 Å². The number of methoxy groups -OCH3 is 1. The average Bonchev–Trinajstić information content (AvgIpc) is 2.30. The molecule has 0 saturated heterocycles. The lowest BCUT2D eigenvalue weighted by molar-refractivity contribution is 0.310. The van der Waals surface area contributed by atoms with Gasteiger partial charge in [-0.15, -0.1) is 0 Å². The fraction of sp³-hybridized carbons (Fsp3) is 0.429. The van der Waals surface area contributed by atoms with Crippen LogP contribution in [-0.4, -0.2) is 20.3 Å². The Hall–Kier alpha value is -1.48. The van der Waals surface area contributed by atoms with Gasteiger partial charge in [-0.3, -0.25) is 0 Å². The second kappa shape index (κ2) is 6.97. The molecule has 0 aliphatic carbocycles. The molecule has 3 heteroatoms. The van der Waals surface area contributed by atoms with Crippen molar-refractivity contribution in [3.05, 3.63) is 35.9 Å². The standard InChI is InChI=1S/C14H21NO2/c1-5-17-13-7-6-12(8-14(13)16-4)10-15-9-11(2)3/h6-8,15H,2,5,9-10H2,1,3-4H3. The van der Waals surface area contributed by atoms with Crippen molar-refractivity contribution >= 4 is 0 Å². The first-order chi connectivity index (χ1) is 8.17. The highest BCUT2D eigenvalue weighted by atomic mass is 16.5. The van der Waals surface area contributed by atoms with Crippen LogP contribution >= 0.6 is 0 Å². The summed E-state index contributed by atoms with van der Waals surface area (Å²) in [6.45, 7) is 10.1. The van der Waals surface area contributed by atoms with Crippen molar-refractivity contribution in [3.63, 3.8) is 0 Å². The summed E-state index contributed by atoms with van der Waals surface area (Å²) in [5.74, 6) is 1.57. The Labute approximate surface area is 103 Å². The maximum atomic E-state index is 5.47. The van der Waals surface area contributed by atoms with Gasteiger partial charge in [-0.1, -0.05) is 18.2 Å². The molecule has 1 aromatic carbocycles. The third kappa shape index (κ3) is 4.49. The molecule has 0 aliphatic heterocycles. The zero-order chi connectivity index (χ0) is 12.7. The minimum Gasteiger partial charge on any atom is -0.493 e. The van der Waals surface area contributed by atoms with E-state index in [1.165, 1.54) is 5.56 Å². The third-order valence-electron chi connectivity index (χ3n) is 2.28. The highest BCUT2D eigenvalue weighted by Gasteiger charge is 2.04. The van der Waals surface area contributed by atoms with E-state index in [-0.39, 0.29) is 0 Å². The van der Waals surface area contributed by atoms with Crippen LogP contribution in [0.25, 0.3) is 0 Å². The fourth-order valence-electron chi connectivity index (χ4n) is 1.52. The van der Waals surface area contributed by atoms with Crippen molar-refractivity contribution < 1.29 is 9.47 Å². The van der Waals surface area contributed by atoms with Crippen LogP contribution in [0.3, 0.4) is 0 Å². The van der Waals surface area contributed by atoms with E-state index in [0.29, 0.717) is 6.61 Å². The Balaban J connectivity index is 2.65. The van der Waals surface area contributed by atoms with Crippen LogP contribution in [0, 0.1) is 0 Å². The molecule has 1 N–H and O–H groups in total. The van der Waals surface area contributed by atoms with E-state index in [4.69, 9.17) is 9.47 Å². The monoisotopic (exact) mass is 235 g/mol. The van der Waals surface area contributed by atoms with Gasteiger partial charge in [-0.2, -0.15) is 0 Å². The van der Waals surface area contributed by atoms with Crippen molar-refractivity contribution in [1.29, 1.82) is 0 Å². The molecule has 17 heavy (non-hydrogen) atoms. The summed E-state index contributed by atoms with van der Waals surface area (Å²) >= 11 is 0. The maximum Gasteiger partial charge on any atom is 0.161 e. The first-order valence-corrected chi connectivity index (χ1v) is 5.82. The summed E-state index contributed by atoms with van der Waals surface area (Å²) in [5.41, 5.74) is 2.30. The minimum absolute atomic E-state index is 0.642. The number of hydrogen-bond donors (Lipinski definition) is 1. The second-order valence-corrected chi connectivity index (χ2v) is 3.98. The molecule has 0 saturated carbocycles. The summed E-state index contributed by atoms with van der Waals surface area (Å²) in [6, 6.07) is 5.98. The van der Waals surface area contributed by atoms with Gasteiger partial charge in [0.05, 0.1) is 13.7 Å². The number of hydrogen-bond acceptors (Lipinski definition) is 3.